The summed E-state index contributed by atoms with van der Waals surface area (Å²) in [6, 6.07) is 23.6. The van der Waals surface area contributed by atoms with E-state index >= 15 is 0 Å². The number of anilines is 1. The van der Waals surface area contributed by atoms with Gasteiger partial charge in [0.05, 0.1) is 29.2 Å². The van der Waals surface area contributed by atoms with Crippen LogP contribution in [-0.2, 0) is 4.79 Å². The lowest BCUT2D eigenvalue weighted by Gasteiger charge is -2.17. The van der Waals surface area contributed by atoms with E-state index in [0.717, 1.165) is 16.9 Å². The second-order valence-electron chi connectivity index (χ2n) is 10.6. The van der Waals surface area contributed by atoms with Crippen LogP contribution in [-0.4, -0.2) is 40.4 Å². The smallest absolute Gasteiger partial charge is 0.282 e. The molecule has 11 nitrogen and oxygen atoms in total. The van der Waals surface area contributed by atoms with Gasteiger partial charge in [0.25, 0.3) is 17.2 Å². The first-order valence-electron chi connectivity index (χ1n) is 14.2. The summed E-state index contributed by atoms with van der Waals surface area (Å²) in [5, 5.41) is 19.2. The Morgan fingerprint density at radius 1 is 1.04 bits per heavy atom. The average molecular weight is 606 g/mol. The third kappa shape index (κ3) is 6.72. The number of non-ortho nitro benzene ring substituents is 1. The molecule has 11 heteroatoms. The molecule has 0 aliphatic heterocycles. The summed E-state index contributed by atoms with van der Waals surface area (Å²) in [6.07, 6.45) is 1.29. The van der Waals surface area contributed by atoms with E-state index in [-0.39, 0.29) is 35.3 Å². The molecule has 0 aliphatic carbocycles. The predicted molar refractivity (Wildman–Crippen MR) is 173 cm³/mol. The molecule has 228 valence electrons. The Balaban J connectivity index is 1.59. The van der Waals surface area contributed by atoms with Crippen LogP contribution in [0.5, 0.6) is 11.5 Å². The van der Waals surface area contributed by atoms with Gasteiger partial charge in [-0.3, -0.25) is 19.7 Å². The molecule has 0 spiro atoms. The fraction of sp³-hybridized carbons (Fsp3) is 0.176. The maximum atomic E-state index is 13.8. The van der Waals surface area contributed by atoms with Crippen molar-refractivity contribution >= 4 is 34.4 Å². The molecule has 45 heavy (non-hydrogen) atoms. The molecule has 0 saturated carbocycles. The van der Waals surface area contributed by atoms with E-state index in [1.165, 1.54) is 29.1 Å². The first-order chi connectivity index (χ1) is 21.7. The van der Waals surface area contributed by atoms with Crippen molar-refractivity contribution in [1.29, 1.82) is 0 Å². The number of hydrogen-bond acceptors (Lipinski definition) is 8. The molecule has 0 saturated heterocycles. The molecule has 0 fully saturated rings. The van der Waals surface area contributed by atoms with Crippen molar-refractivity contribution in [3.8, 4) is 22.9 Å². The number of rotatable bonds is 10. The fourth-order valence-corrected chi connectivity index (χ4v) is 4.84. The van der Waals surface area contributed by atoms with Gasteiger partial charge in [-0.1, -0.05) is 44.2 Å². The van der Waals surface area contributed by atoms with Gasteiger partial charge >= 0.3 is 0 Å². The van der Waals surface area contributed by atoms with Crippen molar-refractivity contribution in [2.75, 3.05) is 19.0 Å². The Morgan fingerprint density at radius 3 is 2.49 bits per heavy atom. The Hall–Kier alpha value is -5.84. The normalized spacial score (nSPS) is 11.2. The number of hydrogen-bond donors (Lipinski definition) is 1. The van der Waals surface area contributed by atoms with E-state index in [4.69, 9.17) is 14.5 Å². The molecule has 1 amide bonds. The van der Waals surface area contributed by atoms with Crippen molar-refractivity contribution in [2.45, 2.75) is 26.7 Å². The van der Waals surface area contributed by atoms with Crippen LogP contribution in [0.25, 0.3) is 22.3 Å². The maximum Gasteiger partial charge on any atom is 0.282 e. The minimum Gasteiger partial charge on any atom is -0.496 e. The van der Waals surface area contributed by atoms with Gasteiger partial charge in [0.15, 0.2) is 12.4 Å². The third-order valence-electron chi connectivity index (χ3n) is 7.13. The van der Waals surface area contributed by atoms with Crippen molar-refractivity contribution in [3.63, 3.8) is 0 Å². The molecule has 1 N–H and O–H groups in total. The number of nitrogens with one attached hydrogen (secondary N) is 1. The summed E-state index contributed by atoms with van der Waals surface area (Å²) in [7, 11) is 1.61. The minimum absolute atomic E-state index is 0.118. The van der Waals surface area contributed by atoms with Crippen molar-refractivity contribution in [2.24, 2.45) is 5.10 Å². The lowest BCUT2D eigenvalue weighted by atomic mass is 9.96. The summed E-state index contributed by atoms with van der Waals surface area (Å²) in [5.41, 5.74) is 3.06. The summed E-state index contributed by atoms with van der Waals surface area (Å²) in [4.78, 5) is 42.2. The van der Waals surface area contributed by atoms with Crippen LogP contribution >= 0.6 is 0 Å². The number of ether oxygens (including phenoxy) is 2. The standard InChI is InChI=1S/C34H31N5O6/c1-21(2)27-18-28(22(3)16-31(27)44-4)33-37-29-13-9-8-12-26(29)34(41)38(33)35-19-23-17-25(39(42)43)14-15-30(23)45-20-32(40)36-24-10-6-5-7-11-24/h5-19,21H,20H2,1-4H3,(H,36,40). The maximum absolute atomic E-state index is 13.8. The van der Waals surface area contributed by atoms with Gasteiger partial charge in [0.1, 0.15) is 11.5 Å². The fourth-order valence-electron chi connectivity index (χ4n) is 4.84. The number of nitro benzene ring substituents is 1. The van der Waals surface area contributed by atoms with Gasteiger partial charge < -0.3 is 14.8 Å². The number of amides is 1. The quantitative estimate of drug-likeness (QED) is 0.112. The Kier molecular flexibility index (Phi) is 8.99. The molecule has 1 heterocycles. The van der Waals surface area contributed by atoms with Crippen molar-refractivity contribution in [1.82, 2.24) is 9.66 Å². The predicted octanol–water partition coefficient (Wildman–Crippen LogP) is 6.31. The molecule has 0 unspecified atom stereocenters. The van der Waals surface area contributed by atoms with Crippen LogP contribution in [0.1, 0.15) is 36.5 Å². The topological polar surface area (TPSA) is 138 Å². The van der Waals surface area contributed by atoms with E-state index in [2.05, 4.69) is 10.4 Å². The first kappa shape index (κ1) is 30.6. The molecular weight excluding hydrogens is 574 g/mol. The summed E-state index contributed by atoms with van der Waals surface area (Å²) < 4.78 is 12.5. The number of carbonyl (C=O) groups excluding carboxylic acids is 1. The second-order valence-corrected chi connectivity index (χ2v) is 10.6. The van der Waals surface area contributed by atoms with E-state index in [9.17, 15) is 19.7 Å². The van der Waals surface area contributed by atoms with Crippen molar-refractivity contribution in [3.05, 3.63) is 122 Å². The summed E-state index contributed by atoms with van der Waals surface area (Å²) in [6.45, 7) is 5.61. The molecule has 0 atom stereocenters. The third-order valence-corrected chi connectivity index (χ3v) is 7.13. The monoisotopic (exact) mass is 605 g/mol. The number of aromatic nitrogens is 2. The van der Waals surface area contributed by atoms with Crippen LogP contribution in [0.15, 0.2) is 94.8 Å². The zero-order valence-corrected chi connectivity index (χ0v) is 25.2. The Morgan fingerprint density at radius 2 is 1.78 bits per heavy atom. The highest BCUT2D eigenvalue weighted by molar-refractivity contribution is 5.92. The molecule has 5 aromatic rings. The van der Waals surface area contributed by atoms with Gasteiger partial charge in [-0.05, 0) is 66.4 Å². The number of nitro groups is 1. The molecule has 4 aromatic carbocycles. The number of nitrogens with zero attached hydrogens (tertiary/aromatic N) is 4. The molecular formula is C34H31N5O6. The van der Waals surface area contributed by atoms with Gasteiger partial charge in [-0.25, -0.2) is 4.98 Å². The number of methoxy groups -OCH3 is 1. The molecule has 0 bridgehead atoms. The highest BCUT2D eigenvalue weighted by atomic mass is 16.6. The highest BCUT2D eigenvalue weighted by Crippen LogP contribution is 2.34. The number of aryl methyl sites for hydroxylation is 1. The molecule has 0 radical (unpaired) electrons. The second kappa shape index (κ2) is 13.2. The van der Waals surface area contributed by atoms with Crippen LogP contribution < -0.4 is 20.3 Å². The Labute approximate surface area is 258 Å². The lowest BCUT2D eigenvalue weighted by molar-refractivity contribution is -0.384. The number of para-hydroxylation sites is 2. The molecule has 5 rings (SSSR count). The summed E-state index contributed by atoms with van der Waals surface area (Å²) >= 11 is 0. The van der Waals surface area contributed by atoms with E-state index < -0.39 is 16.4 Å². The zero-order chi connectivity index (χ0) is 32.1. The van der Waals surface area contributed by atoms with Crippen molar-refractivity contribution < 1.29 is 19.2 Å². The number of benzene rings is 4. The van der Waals surface area contributed by atoms with Crippen LogP contribution in [0.3, 0.4) is 0 Å². The van der Waals surface area contributed by atoms with E-state index in [1.807, 2.05) is 39.0 Å². The van der Waals surface area contributed by atoms with Crippen LogP contribution in [0.4, 0.5) is 11.4 Å². The lowest BCUT2D eigenvalue weighted by Crippen LogP contribution is -2.21. The van der Waals surface area contributed by atoms with Gasteiger partial charge in [-0.2, -0.15) is 9.78 Å². The summed E-state index contributed by atoms with van der Waals surface area (Å²) in [5.74, 6) is 0.868. The molecule has 0 aliphatic rings. The van der Waals surface area contributed by atoms with Crippen LogP contribution in [0, 0.1) is 17.0 Å². The number of carbonyl (C=O) groups is 1. The van der Waals surface area contributed by atoms with Gasteiger partial charge in [0, 0.05) is 28.9 Å². The average Bonchev–Trinajstić information content (AvgIpc) is 3.03. The number of fused-ring (bicyclic) bond motifs is 1. The van der Waals surface area contributed by atoms with Crippen LogP contribution in [0.2, 0.25) is 0 Å². The Bertz CT molecular complexity index is 1990. The largest absolute Gasteiger partial charge is 0.496 e. The van der Waals surface area contributed by atoms with Gasteiger partial charge in [-0.15, -0.1) is 0 Å². The zero-order valence-electron chi connectivity index (χ0n) is 25.2. The van der Waals surface area contributed by atoms with E-state index in [0.29, 0.717) is 22.2 Å². The van der Waals surface area contributed by atoms with Gasteiger partial charge in [0.2, 0.25) is 0 Å². The molecule has 1 aromatic heterocycles. The highest BCUT2D eigenvalue weighted by Gasteiger charge is 2.19. The SMILES string of the molecule is COc1cc(C)c(-c2nc3ccccc3c(=O)n2N=Cc2cc([N+](=O)[O-])ccc2OCC(=O)Nc2ccccc2)cc1C(C)C. The first-order valence-corrected chi connectivity index (χ1v) is 14.2. The minimum atomic E-state index is -0.549. The van der Waals surface area contributed by atoms with E-state index in [1.54, 1.807) is 55.6 Å².